The van der Waals surface area contributed by atoms with Gasteiger partial charge in [-0.2, -0.15) is 0 Å². The van der Waals surface area contributed by atoms with Gasteiger partial charge in [0.25, 0.3) is 0 Å². The van der Waals surface area contributed by atoms with Crippen LogP contribution in [0.15, 0.2) is 24.4 Å². The van der Waals surface area contributed by atoms with E-state index in [1.807, 2.05) is 12.3 Å². The molecule has 2 rings (SSSR count). The quantitative estimate of drug-likeness (QED) is 0.730. The third-order valence-corrected chi connectivity index (χ3v) is 2.71. The lowest BCUT2D eigenvalue weighted by Gasteiger charge is -2.03. The molecule has 2 aromatic rings. The predicted molar refractivity (Wildman–Crippen MR) is 60.4 cm³/mol. The van der Waals surface area contributed by atoms with Gasteiger partial charge in [0.1, 0.15) is 0 Å². The van der Waals surface area contributed by atoms with Gasteiger partial charge in [0.15, 0.2) is 0 Å². The van der Waals surface area contributed by atoms with E-state index in [0.29, 0.717) is 5.88 Å². The third-order valence-electron chi connectivity index (χ3n) is 2.43. The minimum Gasteiger partial charge on any atom is -0.220 e. The zero-order valence-electron chi connectivity index (χ0n) is 8.74. The molecular weight excluding hydrogens is 210 g/mol. The predicted octanol–water partition coefficient (Wildman–Crippen LogP) is 2.62. The van der Waals surface area contributed by atoms with Crippen LogP contribution in [0.2, 0.25) is 0 Å². The molecule has 0 bridgehead atoms. The Morgan fingerprint density at radius 2 is 2.07 bits per heavy atom. The van der Waals surface area contributed by atoms with Gasteiger partial charge < -0.3 is 0 Å². The van der Waals surface area contributed by atoms with Crippen LogP contribution in [0.4, 0.5) is 0 Å². The fraction of sp³-hybridized carbons (Fsp3) is 0.273. The number of alkyl halides is 1. The molecule has 3 nitrogen and oxygen atoms in total. The number of benzene rings is 1. The Bertz CT molecular complexity index is 476. The number of nitrogens with zero attached hydrogens (tertiary/aromatic N) is 3. The summed E-state index contributed by atoms with van der Waals surface area (Å²) in [4.78, 5) is 0. The summed E-state index contributed by atoms with van der Waals surface area (Å²) in [6.07, 6.45) is 1.84. The van der Waals surface area contributed by atoms with E-state index in [-0.39, 0.29) is 0 Å². The Hall–Kier alpha value is -1.35. The molecule has 0 atom stereocenters. The smallest absolute Gasteiger partial charge is 0.0979 e. The maximum Gasteiger partial charge on any atom is 0.0979 e. The first-order valence-corrected chi connectivity index (χ1v) is 5.29. The Morgan fingerprint density at radius 1 is 1.27 bits per heavy atom. The number of hydrogen-bond acceptors (Lipinski definition) is 2. The highest BCUT2D eigenvalue weighted by molar-refractivity contribution is 6.16. The Balaban J connectivity index is 2.40. The SMILES string of the molecule is Cc1ccc(-n2cc(CCl)nn2)cc1C. The van der Waals surface area contributed by atoms with E-state index in [9.17, 15) is 0 Å². The van der Waals surface area contributed by atoms with E-state index in [2.05, 4.69) is 36.3 Å². The first-order chi connectivity index (χ1) is 7.20. The van der Waals surface area contributed by atoms with Gasteiger partial charge in [-0.1, -0.05) is 11.3 Å². The molecule has 0 fully saturated rings. The molecule has 0 N–H and O–H groups in total. The monoisotopic (exact) mass is 221 g/mol. The number of hydrogen-bond donors (Lipinski definition) is 0. The van der Waals surface area contributed by atoms with Crippen molar-refractivity contribution in [2.45, 2.75) is 19.7 Å². The molecule has 78 valence electrons. The molecule has 0 aliphatic heterocycles. The van der Waals surface area contributed by atoms with Crippen molar-refractivity contribution < 1.29 is 0 Å². The van der Waals surface area contributed by atoms with Crippen molar-refractivity contribution in [1.29, 1.82) is 0 Å². The van der Waals surface area contributed by atoms with Crippen LogP contribution in [0, 0.1) is 13.8 Å². The zero-order valence-corrected chi connectivity index (χ0v) is 9.49. The maximum absolute atomic E-state index is 5.67. The van der Waals surface area contributed by atoms with Crippen molar-refractivity contribution >= 4 is 11.6 Å². The minimum atomic E-state index is 0.394. The number of aryl methyl sites for hydroxylation is 2. The van der Waals surface area contributed by atoms with Gasteiger partial charge in [-0.3, -0.25) is 0 Å². The highest BCUT2D eigenvalue weighted by Gasteiger charge is 2.02. The third kappa shape index (κ3) is 2.02. The normalized spacial score (nSPS) is 10.6. The van der Waals surface area contributed by atoms with E-state index in [1.54, 1.807) is 4.68 Å². The van der Waals surface area contributed by atoms with Crippen molar-refractivity contribution in [2.24, 2.45) is 0 Å². The van der Waals surface area contributed by atoms with Crippen molar-refractivity contribution in [3.63, 3.8) is 0 Å². The summed E-state index contributed by atoms with van der Waals surface area (Å²) >= 11 is 5.67. The van der Waals surface area contributed by atoms with Gasteiger partial charge in [-0.15, -0.1) is 16.7 Å². The average molecular weight is 222 g/mol. The molecule has 1 heterocycles. The van der Waals surface area contributed by atoms with Gasteiger partial charge in [0.05, 0.1) is 23.5 Å². The minimum absolute atomic E-state index is 0.394. The second-order valence-electron chi connectivity index (χ2n) is 3.56. The molecule has 15 heavy (non-hydrogen) atoms. The largest absolute Gasteiger partial charge is 0.220 e. The highest BCUT2D eigenvalue weighted by Crippen LogP contribution is 2.13. The molecule has 0 saturated heterocycles. The second-order valence-corrected chi connectivity index (χ2v) is 3.82. The van der Waals surface area contributed by atoms with Crippen molar-refractivity contribution in [3.8, 4) is 5.69 Å². The van der Waals surface area contributed by atoms with Gasteiger partial charge >= 0.3 is 0 Å². The summed E-state index contributed by atoms with van der Waals surface area (Å²) in [5.74, 6) is 0.394. The van der Waals surface area contributed by atoms with Crippen molar-refractivity contribution in [2.75, 3.05) is 0 Å². The summed E-state index contributed by atoms with van der Waals surface area (Å²) in [6.45, 7) is 4.17. The molecule has 0 aliphatic rings. The summed E-state index contributed by atoms with van der Waals surface area (Å²) in [6, 6.07) is 6.18. The van der Waals surface area contributed by atoms with Gasteiger partial charge in [0.2, 0.25) is 0 Å². The van der Waals surface area contributed by atoms with E-state index in [4.69, 9.17) is 11.6 Å². The Morgan fingerprint density at radius 3 is 2.67 bits per heavy atom. The lowest BCUT2D eigenvalue weighted by atomic mass is 10.1. The highest BCUT2D eigenvalue weighted by atomic mass is 35.5. The average Bonchev–Trinajstić information content (AvgIpc) is 2.70. The lowest BCUT2D eigenvalue weighted by Crippen LogP contribution is -1.96. The summed E-state index contributed by atoms with van der Waals surface area (Å²) in [5.41, 5.74) is 4.32. The lowest BCUT2D eigenvalue weighted by molar-refractivity contribution is 0.799. The molecule has 1 aromatic carbocycles. The number of halogens is 1. The van der Waals surface area contributed by atoms with Crippen LogP contribution in [0.5, 0.6) is 0 Å². The molecule has 4 heteroatoms. The Kier molecular flexibility index (Phi) is 2.73. The standard InChI is InChI=1S/C11H12ClN3/c1-8-3-4-11(5-9(8)2)15-7-10(6-12)13-14-15/h3-5,7H,6H2,1-2H3. The molecule has 0 radical (unpaired) electrons. The second kappa shape index (κ2) is 4.03. The first kappa shape index (κ1) is 10.2. The van der Waals surface area contributed by atoms with Gasteiger partial charge in [-0.05, 0) is 37.1 Å². The van der Waals surface area contributed by atoms with Crippen LogP contribution in [-0.2, 0) is 5.88 Å². The van der Waals surface area contributed by atoms with E-state index in [1.165, 1.54) is 11.1 Å². The number of aromatic nitrogens is 3. The van der Waals surface area contributed by atoms with Crippen LogP contribution < -0.4 is 0 Å². The fourth-order valence-electron chi connectivity index (χ4n) is 1.35. The molecule has 0 spiro atoms. The molecule has 0 saturated carbocycles. The fourth-order valence-corrected chi connectivity index (χ4v) is 1.48. The Labute approximate surface area is 93.7 Å². The zero-order chi connectivity index (χ0) is 10.8. The molecule has 0 amide bonds. The first-order valence-electron chi connectivity index (χ1n) is 4.75. The maximum atomic E-state index is 5.67. The molecule has 0 aliphatic carbocycles. The van der Waals surface area contributed by atoms with Crippen LogP contribution in [-0.4, -0.2) is 15.0 Å². The molecule has 0 unspecified atom stereocenters. The van der Waals surface area contributed by atoms with Crippen molar-refractivity contribution in [3.05, 3.63) is 41.2 Å². The van der Waals surface area contributed by atoms with Crippen LogP contribution in [0.25, 0.3) is 5.69 Å². The molecule has 1 aromatic heterocycles. The van der Waals surface area contributed by atoms with Crippen molar-refractivity contribution in [1.82, 2.24) is 15.0 Å². The summed E-state index contributed by atoms with van der Waals surface area (Å²) in [5, 5.41) is 7.95. The summed E-state index contributed by atoms with van der Waals surface area (Å²) < 4.78 is 1.74. The van der Waals surface area contributed by atoms with E-state index >= 15 is 0 Å². The van der Waals surface area contributed by atoms with Crippen LogP contribution in [0.1, 0.15) is 16.8 Å². The number of rotatable bonds is 2. The van der Waals surface area contributed by atoms with E-state index in [0.717, 1.165) is 11.4 Å². The topological polar surface area (TPSA) is 30.7 Å². The van der Waals surface area contributed by atoms with Gasteiger partial charge in [0, 0.05) is 0 Å². The van der Waals surface area contributed by atoms with Crippen LogP contribution in [0.3, 0.4) is 0 Å². The molecular formula is C11H12ClN3. The summed E-state index contributed by atoms with van der Waals surface area (Å²) in [7, 11) is 0. The van der Waals surface area contributed by atoms with Crippen LogP contribution >= 0.6 is 11.6 Å². The van der Waals surface area contributed by atoms with Gasteiger partial charge in [-0.25, -0.2) is 4.68 Å². The van der Waals surface area contributed by atoms with E-state index < -0.39 is 0 Å².